The summed E-state index contributed by atoms with van der Waals surface area (Å²) < 4.78 is 0. The number of nitrogens with two attached hydrogens (primary N) is 1. The Kier molecular flexibility index (Phi) is 4.02. The Morgan fingerprint density at radius 2 is 1.94 bits per heavy atom. The van der Waals surface area contributed by atoms with Gasteiger partial charge in [0.1, 0.15) is 0 Å². The molecule has 1 fully saturated rings. The van der Waals surface area contributed by atoms with E-state index < -0.39 is 0 Å². The van der Waals surface area contributed by atoms with Gasteiger partial charge in [-0.3, -0.25) is 4.79 Å². The van der Waals surface area contributed by atoms with Crippen molar-refractivity contribution in [3.8, 4) is 0 Å². The number of carbonyl (C=O) groups excluding carboxylic acids is 1. The number of nitrogens with one attached hydrogen (secondary N) is 1. The highest BCUT2D eigenvalue weighted by molar-refractivity contribution is 5.80. The van der Waals surface area contributed by atoms with Crippen molar-refractivity contribution in [2.24, 2.45) is 0 Å². The van der Waals surface area contributed by atoms with Crippen LogP contribution in [0.25, 0.3) is 0 Å². The second-order valence-electron chi connectivity index (χ2n) is 4.78. The maximum atomic E-state index is 11.9. The Balaban J connectivity index is 1.86. The molecule has 0 spiro atoms. The minimum Gasteiger partial charge on any atom is -0.398 e. The number of hydrogen-bond acceptors (Lipinski definition) is 2. The number of carbonyl (C=O) groups is 1. The Labute approximate surface area is 102 Å². The average Bonchev–Trinajstić information content (AvgIpc) is 2.33. The van der Waals surface area contributed by atoms with E-state index in [0.29, 0.717) is 18.2 Å². The molecule has 92 valence electrons. The van der Waals surface area contributed by atoms with Crippen LogP contribution >= 0.6 is 0 Å². The Morgan fingerprint density at radius 1 is 1.24 bits per heavy atom. The lowest BCUT2D eigenvalue weighted by Gasteiger charge is -2.22. The molecule has 2 rings (SSSR count). The van der Waals surface area contributed by atoms with Crippen molar-refractivity contribution >= 4 is 11.6 Å². The van der Waals surface area contributed by atoms with Gasteiger partial charge in [0.25, 0.3) is 0 Å². The predicted octanol–water partition coefficient (Wildman–Crippen LogP) is 2.26. The lowest BCUT2D eigenvalue weighted by Crippen LogP contribution is -2.37. The number of anilines is 1. The highest BCUT2D eigenvalue weighted by Gasteiger charge is 2.16. The number of amides is 1. The van der Waals surface area contributed by atoms with Crippen LogP contribution in [0.15, 0.2) is 24.3 Å². The van der Waals surface area contributed by atoms with Crippen LogP contribution in [0.2, 0.25) is 0 Å². The summed E-state index contributed by atoms with van der Waals surface area (Å²) in [5.41, 5.74) is 7.44. The van der Waals surface area contributed by atoms with Crippen molar-refractivity contribution in [1.82, 2.24) is 5.32 Å². The maximum absolute atomic E-state index is 11.9. The summed E-state index contributed by atoms with van der Waals surface area (Å²) in [7, 11) is 0. The summed E-state index contributed by atoms with van der Waals surface area (Å²) in [6.07, 6.45) is 6.41. The molecule has 3 N–H and O–H groups in total. The normalized spacial score (nSPS) is 16.7. The second kappa shape index (κ2) is 5.71. The van der Waals surface area contributed by atoms with E-state index in [1.54, 1.807) is 0 Å². The van der Waals surface area contributed by atoms with Crippen LogP contribution in [0.5, 0.6) is 0 Å². The Morgan fingerprint density at radius 3 is 2.65 bits per heavy atom. The van der Waals surface area contributed by atoms with Crippen molar-refractivity contribution in [2.45, 2.75) is 44.6 Å². The molecule has 1 aromatic carbocycles. The molecule has 0 atom stereocenters. The van der Waals surface area contributed by atoms with Gasteiger partial charge in [-0.1, -0.05) is 37.5 Å². The van der Waals surface area contributed by atoms with Gasteiger partial charge in [0.2, 0.25) is 5.91 Å². The molecular formula is C14H20N2O. The average molecular weight is 232 g/mol. The Hall–Kier alpha value is -1.51. The van der Waals surface area contributed by atoms with E-state index in [1.807, 2.05) is 24.3 Å². The van der Waals surface area contributed by atoms with Gasteiger partial charge >= 0.3 is 0 Å². The first-order valence-corrected chi connectivity index (χ1v) is 6.38. The maximum Gasteiger partial charge on any atom is 0.224 e. The Bertz CT molecular complexity index is 384. The minimum atomic E-state index is 0.0924. The van der Waals surface area contributed by atoms with Crippen molar-refractivity contribution in [3.63, 3.8) is 0 Å². The molecule has 0 unspecified atom stereocenters. The SMILES string of the molecule is Nc1ccccc1CC(=O)NC1CCCCC1. The van der Waals surface area contributed by atoms with Gasteiger partial charge in [-0.15, -0.1) is 0 Å². The zero-order valence-corrected chi connectivity index (χ0v) is 10.1. The van der Waals surface area contributed by atoms with Gasteiger partial charge in [0.15, 0.2) is 0 Å². The third-order valence-electron chi connectivity index (χ3n) is 3.38. The summed E-state index contributed by atoms with van der Waals surface area (Å²) in [4.78, 5) is 11.9. The first kappa shape index (κ1) is 12.0. The third kappa shape index (κ3) is 3.48. The molecule has 3 heteroatoms. The van der Waals surface area contributed by atoms with Crippen molar-refractivity contribution < 1.29 is 4.79 Å². The fourth-order valence-corrected chi connectivity index (χ4v) is 2.39. The molecule has 3 nitrogen and oxygen atoms in total. The fourth-order valence-electron chi connectivity index (χ4n) is 2.39. The fraction of sp³-hybridized carbons (Fsp3) is 0.500. The van der Waals surface area contributed by atoms with E-state index >= 15 is 0 Å². The van der Waals surface area contributed by atoms with E-state index in [9.17, 15) is 4.79 Å². The van der Waals surface area contributed by atoms with Crippen LogP contribution in [-0.4, -0.2) is 11.9 Å². The van der Waals surface area contributed by atoms with Gasteiger partial charge in [-0.2, -0.15) is 0 Å². The van der Waals surface area contributed by atoms with E-state index in [-0.39, 0.29) is 5.91 Å². The van der Waals surface area contributed by atoms with Crippen LogP contribution in [0.4, 0.5) is 5.69 Å². The van der Waals surface area contributed by atoms with Crippen LogP contribution in [-0.2, 0) is 11.2 Å². The smallest absolute Gasteiger partial charge is 0.224 e. The van der Waals surface area contributed by atoms with Crippen molar-refractivity contribution in [3.05, 3.63) is 29.8 Å². The molecule has 0 heterocycles. The molecule has 0 bridgehead atoms. The van der Waals surface area contributed by atoms with E-state index in [4.69, 9.17) is 5.73 Å². The van der Waals surface area contributed by atoms with E-state index in [2.05, 4.69) is 5.32 Å². The molecule has 0 saturated heterocycles. The molecule has 0 radical (unpaired) electrons. The molecule has 17 heavy (non-hydrogen) atoms. The summed E-state index contributed by atoms with van der Waals surface area (Å²) in [5.74, 6) is 0.0924. The first-order valence-electron chi connectivity index (χ1n) is 6.38. The zero-order chi connectivity index (χ0) is 12.1. The number of benzene rings is 1. The highest BCUT2D eigenvalue weighted by Crippen LogP contribution is 2.18. The quantitative estimate of drug-likeness (QED) is 0.785. The molecule has 1 aromatic rings. The molecule has 1 amide bonds. The molecule has 1 saturated carbocycles. The van der Waals surface area contributed by atoms with Crippen LogP contribution in [0, 0.1) is 0 Å². The van der Waals surface area contributed by atoms with Crippen LogP contribution in [0.1, 0.15) is 37.7 Å². The second-order valence-corrected chi connectivity index (χ2v) is 4.78. The van der Waals surface area contributed by atoms with E-state index in [0.717, 1.165) is 18.4 Å². The molecule has 0 aliphatic heterocycles. The summed E-state index contributed by atoms with van der Waals surface area (Å²) in [5, 5.41) is 3.10. The number of hydrogen-bond donors (Lipinski definition) is 2. The summed E-state index contributed by atoms with van der Waals surface area (Å²) >= 11 is 0. The lowest BCUT2D eigenvalue weighted by molar-refractivity contribution is -0.121. The lowest BCUT2D eigenvalue weighted by atomic mass is 9.95. The standard InChI is InChI=1S/C14H20N2O/c15-13-9-5-4-6-11(13)10-14(17)16-12-7-2-1-3-8-12/h4-6,9,12H,1-3,7-8,10,15H2,(H,16,17). The monoisotopic (exact) mass is 232 g/mol. The predicted molar refractivity (Wildman–Crippen MR) is 69.6 cm³/mol. The van der Waals surface area contributed by atoms with Gasteiger partial charge in [-0.05, 0) is 24.5 Å². The zero-order valence-electron chi connectivity index (χ0n) is 10.1. The largest absolute Gasteiger partial charge is 0.398 e. The first-order chi connectivity index (χ1) is 8.25. The van der Waals surface area contributed by atoms with Gasteiger partial charge in [-0.25, -0.2) is 0 Å². The molecule has 1 aliphatic rings. The van der Waals surface area contributed by atoms with Gasteiger partial charge < -0.3 is 11.1 Å². The number of rotatable bonds is 3. The van der Waals surface area contributed by atoms with Crippen molar-refractivity contribution in [2.75, 3.05) is 5.73 Å². The van der Waals surface area contributed by atoms with Crippen LogP contribution in [0.3, 0.4) is 0 Å². The molecule has 1 aliphatic carbocycles. The van der Waals surface area contributed by atoms with Crippen molar-refractivity contribution in [1.29, 1.82) is 0 Å². The topological polar surface area (TPSA) is 55.1 Å². The summed E-state index contributed by atoms with van der Waals surface area (Å²) in [6.45, 7) is 0. The highest BCUT2D eigenvalue weighted by atomic mass is 16.1. The minimum absolute atomic E-state index is 0.0924. The van der Waals surface area contributed by atoms with Gasteiger partial charge in [0.05, 0.1) is 6.42 Å². The molecular weight excluding hydrogens is 212 g/mol. The van der Waals surface area contributed by atoms with E-state index in [1.165, 1.54) is 19.3 Å². The van der Waals surface area contributed by atoms with Gasteiger partial charge in [0, 0.05) is 11.7 Å². The summed E-state index contributed by atoms with van der Waals surface area (Å²) in [6, 6.07) is 7.93. The number of para-hydroxylation sites is 1. The van der Waals surface area contributed by atoms with Crippen LogP contribution < -0.4 is 11.1 Å². The number of nitrogen functional groups attached to an aromatic ring is 1. The third-order valence-corrected chi connectivity index (χ3v) is 3.38. The molecule has 0 aromatic heterocycles.